The van der Waals surface area contributed by atoms with Crippen molar-refractivity contribution in [3.63, 3.8) is 0 Å². The van der Waals surface area contributed by atoms with Crippen molar-refractivity contribution in [3.8, 4) is 5.75 Å². The first-order valence-electron chi connectivity index (χ1n) is 3.06. The Morgan fingerprint density at radius 1 is 0.786 bits per heavy atom. The molecule has 0 aliphatic rings. The quantitative estimate of drug-likeness (QED) is 0.338. The Labute approximate surface area is 75.6 Å². The molecule has 1 aromatic carbocycles. The average Bonchev–Trinajstić information content (AvgIpc) is 2.19. The maximum atomic E-state index is 12.6. The number of benzene rings is 1. The van der Waals surface area contributed by atoms with Gasteiger partial charge in [-0.25, -0.2) is 17.7 Å². The summed E-state index contributed by atoms with van der Waals surface area (Å²) in [5.74, 6) is -12.4. The third kappa shape index (κ3) is 1.55. The van der Waals surface area contributed by atoms with Crippen LogP contribution >= 0.6 is 8.69 Å². The van der Waals surface area contributed by atoms with Gasteiger partial charge in [0.1, 0.15) is 0 Å². The van der Waals surface area contributed by atoms with Gasteiger partial charge in [-0.3, -0.25) is 0 Å². The van der Waals surface area contributed by atoms with Gasteiger partial charge in [-0.2, -0.15) is 8.78 Å². The summed E-state index contributed by atoms with van der Waals surface area (Å²) in [6, 6.07) is 0. The first-order chi connectivity index (χ1) is 6.50. The Bertz CT molecular complexity index is 365. The summed E-state index contributed by atoms with van der Waals surface area (Å²) >= 11 is 0. The summed E-state index contributed by atoms with van der Waals surface area (Å²) in [7, 11) is -1.67. The van der Waals surface area contributed by atoms with Crippen LogP contribution in [0.3, 0.4) is 0 Å². The molecule has 0 saturated carbocycles. The Hall–Kier alpha value is -1.23. The van der Waals surface area contributed by atoms with Crippen LogP contribution in [-0.2, 0) is 4.57 Å². The molecular weight excluding hydrogens is 230 g/mol. The second-order valence-corrected chi connectivity index (χ2v) is 2.46. The molecule has 0 bridgehead atoms. The molecule has 0 spiro atoms. The minimum absolute atomic E-state index is 1.55. The van der Waals surface area contributed by atoms with Gasteiger partial charge < -0.3 is 4.52 Å². The molecule has 0 saturated heterocycles. The van der Waals surface area contributed by atoms with Crippen LogP contribution in [0.25, 0.3) is 0 Å². The van der Waals surface area contributed by atoms with E-state index in [4.69, 9.17) is 0 Å². The summed E-state index contributed by atoms with van der Waals surface area (Å²) in [6.45, 7) is 0. The van der Waals surface area contributed by atoms with Gasteiger partial charge >= 0.3 is 0 Å². The minimum Gasteiger partial charge on any atom is -0.413 e. The molecular formula is C6HF5O2P. The van der Waals surface area contributed by atoms with Crippen LogP contribution in [0, 0.1) is 29.1 Å². The highest BCUT2D eigenvalue weighted by atomic mass is 31.1. The molecule has 8 heteroatoms. The van der Waals surface area contributed by atoms with E-state index in [1.54, 1.807) is 0 Å². The van der Waals surface area contributed by atoms with Crippen LogP contribution in [0.5, 0.6) is 5.75 Å². The predicted molar refractivity (Wildman–Crippen MR) is 35.9 cm³/mol. The highest BCUT2D eigenvalue weighted by molar-refractivity contribution is 7.17. The Morgan fingerprint density at radius 2 is 1.14 bits per heavy atom. The SMILES string of the molecule is O=[PH]Oc1c(F)c(F)c(F)c(F)c1F. The van der Waals surface area contributed by atoms with Crippen LogP contribution in [0.1, 0.15) is 0 Å². The van der Waals surface area contributed by atoms with Crippen molar-refractivity contribution < 1.29 is 31.0 Å². The second kappa shape index (κ2) is 3.88. The fraction of sp³-hybridized carbons (Fsp3) is 0. The Morgan fingerprint density at radius 3 is 1.50 bits per heavy atom. The molecule has 0 aromatic heterocycles. The van der Waals surface area contributed by atoms with Crippen molar-refractivity contribution in [3.05, 3.63) is 29.1 Å². The molecule has 0 aliphatic carbocycles. The molecule has 1 unspecified atom stereocenters. The molecule has 0 heterocycles. The molecule has 1 atom stereocenters. The van der Waals surface area contributed by atoms with E-state index in [-0.39, 0.29) is 0 Å². The summed E-state index contributed by atoms with van der Waals surface area (Å²) in [4.78, 5) is 0. The lowest BCUT2D eigenvalue weighted by molar-refractivity contribution is 0.351. The Kier molecular flexibility index (Phi) is 3.00. The fourth-order valence-corrected chi connectivity index (χ4v) is 0.979. The minimum atomic E-state index is -2.29. The summed E-state index contributed by atoms with van der Waals surface area (Å²) in [5, 5.41) is 0. The standard InChI is InChI=1S/C6HF5O2P/c7-1-2(8)4(10)6(13-14-12)5(11)3(1)9/h14H. The zero-order valence-electron chi connectivity index (χ0n) is 6.21. The van der Waals surface area contributed by atoms with Crippen molar-refractivity contribution in [1.29, 1.82) is 0 Å². The zero-order valence-corrected chi connectivity index (χ0v) is 7.21. The van der Waals surface area contributed by atoms with Gasteiger partial charge in [0.2, 0.25) is 34.8 Å². The van der Waals surface area contributed by atoms with Crippen LogP contribution in [0.15, 0.2) is 0 Å². The maximum Gasteiger partial charge on any atom is 0.254 e. The number of hydrogen-bond acceptors (Lipinski definition) is 2. The van der Waals surface area contributed by atoms with Crippen LogP contribution < -0.4 is 4.52 Å². The van der Waals surface area contributed by atoms with E-state index in [0.717, 1.165) is 0 Å². The predicted octanol–water partition coefficient (Wildman–Crippen LogP) is 2.70. The fourth-order valence-electron chi connectivity index (χ4n) is 0.716. The largest absolute Gasteiger partial charge is 0.413 e. The smallest absolute Gasteiger partial charge is 0.254 e. The third-order valence-corrected chi connectivity index (χ3v) is 1.60. The normalized spacial score (nSPS) is 10.6. The number of hydrogen-bond donors (Lipinski definition) is 0. The van der Waals surface area contributed by atoms with Gasteiger partial charge in [-0.05, 0) is 0 Å². The molecule has 77 valence electrons. The second-order valence-electron chi connectivity index (χ2n) is 2.08. The lowest BCUT2D eigenvalue weighted by Crippen LogP contribution is -2.02. The van der Waals surface area contributed by atoms with Gasteiger partial charge in [0.25, 0.3) is 8.69 Å². The maximum absolute atomic E-state index is 12.6. The summed E-state index contributed by atoms with van der Waals surface area (Å²) in [6.07, 6.45) is 0. The van der Waals surface area contributed by atoms with Gasteiger partial charge in [-0.1, -0.05) is 0 Å². The molecule has 0 aliphatic heterocycles. The van der Waals surface area contributed by atoms with Gasteiger partial charge in [0, 0.05) is 0 Å². The molecule has 1 rings (SSSR count). The monoisotopic (exact) mass is 231 g/mol. The number of rotatable bonds is 2. The lowest BCUT2D eigenvalue weighted by Gasteiger charge is -2.04. The summed E-state index contributed by atoms with van der Waals surface area (Å²) in [5.41, 5.74) is 0. The number of halogens is 5. The highest BCUT2D eigenvalue weighted by Gasteiger charge is 2.26. The van der Waals surface area contributed by atoms with Crippen molar-refractivity contribution in [1.82, 2.24) is 0 Å². The first kappa shape index (κ1) is 10.8. The van der Waals surface area contributed by atoms with E-state index in [9.17, 15) is 26.5 Å². The molecule has 2 nitrogen and oxygen atoms in total. The van der Waals surface area contributed by atoms with E-state index >= 15 is 0 Å². The van der Waals surface area contributed by atoms with E-state index in [0.29, 0.717) is 0 Å². The topological polar surface area (TPSA) is 26.3 Å². The summed E-state index contributed by atoms with van der Waals surface area (Å²) < 4.78 is 76.0. The van der Waals surface area contributed by atoms with Crippen molar-refractivity contribution >= 4 is 8.69 Å². The molecule has 0 fully saturated rings. The van der Waals surface area contributed by atoms with Crippen molar-refractivity contribution in [2.75, 3.05) is 0 Å². The molecule has 1 aromatic rings. The van der Waals surface area contributed by atoms with E-state index < -0.39 is 43.5 Å². The molecule has 14 heavy (non-hydrogen) atoms. The van der Waals surface area contributed by atoms with Crippen LogP contribution in [-0.4, -0.2) is 0 Å². The molecule has 0 amide bonds. The van der Waals surface area contributed by atoms with Crippen molar-refractivity contribution in [2.45, 2.75) is 0 Å². The van der Waals surface area contributed by atoms with E-state index in [1.807, 2.05) is 0 Å². The molecule has 0 N–H and O–H groups in total. The highest BCUT2D eigenvalue weighted by Crippen LogP contribution is 2.30. The van der Waals surface area contributed by atoms with Crippen LogP contribution in [0.2, 0.25) is 0 Å². The van der Waals surface area contributed by atoms with Crippen molar-refractivity contribution in [2.24, 2.45) is 0 Å². The van der Waals surface area contributed by atoms with Crippen LogP contribution in [0.4, 0.5) is 22.0 Å². The van der Waals surface area contributed by atoms with Gasteiger partial charge in [0.05, 0.1) is 0 Å². The third-order valence-electron chi connectivity index (χ3n) is 1.31. The Balaban J connectivity index is 3.50. The molecule has 1 radical (unpaired) electrons. The average molecular weight is 231 g/mol. The first-order valence-corrected chi connectivity index (χ1v) is 3.87. The van der Waals surface area contributed by atoms with Gasteiger partial charge in [0.15, 0.2) is 0 Å². The van der Waals surface area contributed by atoms with E-state index in [1.165, 1.54) is 0 Å². The lowest BCUT2D eigenvalue weighted by atomic mass is 10.3. The van der Waals surface area contributed by atoms with Gasteiger partial charge in [-0.15, -0.1) is 0 Å². The zero-order chi connectivity index (χ0) is 10.9. The van der Waals surface area contributed by atoms with E-state index in [2.05, 4.69) is 4.52 Å².